The molecule has 0 aliphatic heterocycles. The number of carbonyl (C=O) groups is 1. The van der Waals surface area contributed by atoms with Gasteiger partial charge in [0.05, 0.1) is 31.2 Å². The zero-order valence-electron chi connectivity index (χ0n) is 18.4. The smallest absolute Gasteiger partial charge is 0.253 e. The maximum atomic E-state index is 13.0. The first-order valence-electron chi connectivity index (χ1n) is 10.2. The number of nitrogens with one attached hydrogen (secondary N) is 1. The van der Waals surface area contributed by atoms with E-state index >= 15 is 0 Å². The van der Waals surface area contributed by atoms with Crippen molar-refractivity contribution in [3.8, 4) is 28.4 Å². The van der Waals surface area contributed by atoms with E-state index in [1.54, 1.807) is 14.2 Å². The third-order valence-corrected chi connectivity index (χ3v) is 5.20. The number of carbonyl (C=O) groups excluding carboxylic acids is 1. The van der Waals surface area contributed by atoms with Crippen LogP contribution in [0.2, 0.25) is 0 Å². The van der Waals surface area contributed by atoms with Gasteiger partial charge in [-0.2, -0.15) is 0 Å². The van der Waals surface area contributed by atoms with Gasteiger partial charge in [0.15, 0.2) is 0 Å². The average molecular weight is 407 g/mol. The summed E-state index contributed by atoms with van der Waals surface area (Å²) in [6, 6.07) is 17.7. The van der Waals surface area contributed by atoms with Crippen molar-refractivity contribution < 1.29 is 14.3 Å². The highest BCUT2D eigenvalue weighted by atomic mass is 16.5. The Hall–Kier alpha value is -3.21. The SMILES string of the molecule is COc1ccc(-n2c(-c3ccccc3)cc(C(=O)NCCC(C)C)c2C)c(OC)c1. The number of nitrogens with zero attached hydrogens (tertiary/aromatic N) is 1. The number of rotatable bonds is 8. The van der Waals surface area contributed by atoms with E-state index in [1.807, 2.05) is 61.5 Å². The molecule has 0 spiro atoms. The summed E-state index contributed by atoms with van der Waals surface area (Å²) in [5.74, 6) is 1.88. The maximum Gasteiger partial charge on any atom is 0.253 e. The fraction of sp³-hybridized carbons (Fsp3) is 0.320. The van der Waals surface area contributed by atoms with Gasteiger partial charge in [0.25, 0.3) is 5.91 Å². The van der Waals surface area contributed by atoms with Gasteiger partial charge in [-0.1, -0.05) is 44.2 Å². The van der Waals surface area contributed by atoms with Crippen LogP contribution < -0.4 is 14.8 Å². The predicted octanol–water partition coefficient (Wildman–Crippen LogP) is 5.25. The largest absolute Gasteiger partial charge is 0.497 e. The van der Waals surface area contributed by atoms with E-state index in [9.17, 15) is 4.79 Å². The lowest BCUT2D eigenvalue weighted by atomic mass is 10.1. The predicted molar refractivity (Wildman–Crippen MR) is 121 cm³/mol. The summed E-state index contributed by atoms with van der Waals surface area (Å²) in [5.41, 5.74) is 4.34. The van der Waals surface area contributed by atoms with E-state index in [4.69, 9.17) is 9.47 Å². The van der Waals surface area contributed by atoms with Gasteiger partial charge in [-0.3, -0.25) is 4.79 Å². The molecule has 5 nitrogen and oxygen atoms in total. The van der Waals surface area contributed by atoms with Crippen molar-refractivity contribution in [1.29, 1.82) is 0 Å². The first-order valence-corrected chi connectivity index (χ1v) is 10.2. The quantitative estimate of drug-likeness (QED) is 0.556. The van der Waals surface area contributed by atoms with Crippen LogP contribution >= 0.6 is 0 Å². The van der Waals surface area contributed by atoms with Crippen molar-refractivity contribution in [2.45, 2.75) is 27.2 Å². The number of ether oxygens (including phenoxy) is 2. The molecule has 2 aromatic carbocycles. The Morgan fingerprint density at radius 1 is 1.03 bits per heavy atom. The highest BCUT2D eigenvalue weighted by molar-refractivity contribution is 5.97. The summed E-state index contributed by atoms with van der Waals surface area (Å²) < 4.78 is 13.1. The van der Waals surface area contributed by atoms with Crippen LogP contribution in [0.5, 0.6) is 11.5 Å². The summed E-state index contributed by atoms with van der Waals surface area (Å²) in [5, 5.41) is 3.06. The van der Waals surface area contributed by atoms with Crippen LogP contribution in [0, 0.1) is 12.8 Å². The topological polar surface area (TPSA) is 52.5 Å². The summed E-state index contributed by atoms with van der Waals surface area (Å²) in [6.45, 7) is 6.93. The first kappa shape index (κ1) is 21.5. The molecule has 0 aliphatic carbocycles. The van der Waals surface area contributed by atoms with Crippen LogP contribution in [0.25, 0.3) is 16.9 Å². The maximum absolute atomic E-state index is 13.0. The zero-order valence-corrected chi connectivity index (χ0v) is 18.4. The molecule has 1 N–H and O–H groups in total. The fourth-order valence-electron chi connectivity index (χ4n) is 3.51. The highest BCUT2D eigenvalue weighted by Gasteiger charge is 2.21. The number of hydrogen-bond donors (Lipinski definition) is 1. The molecule has 158 valence electrons. The van der Waals surface area contributed by atoms with E-state index < -0.39 is 0 Å². The van der Waals surface area contributed by atoms with Crippen LogP contribution in [0.4, 0.5) is 0 Å². The number of amides is 1. The van der Waals surface area contributed by atoms with E-state index in [-0.39, 0.29) is 5.91 Å². The lowest BCUT2D eigenvalue weighted by molar-refractivity contribution is 0.0951. The normalized spacial score (nSPS) is 10.9. The van der Waals surface area contributed by atoms with Crippen molar-refractivity contribution in [2.75, 3.05) is 20.8 Å². The van der Waals surface area contributed by atoms with Crippen LogP contribution in [-0.2, 0) is 0 Å². The molecule has 1 amide bonds. The van der Waals surface area contributed by atoms with Gasteiger partial charge in [-0.25, -0.2) is 0 Å². The Morgan fingerprint density at radius 2 is 1.77 bits per heavy atom. The minimum Gasteiger partial charge on any atom is -0.497 e. The molecule has 0 bridgehead atoms. The second-order valence-electron chi connectivity index (χ2n) is 7.71. The van der Waals surface area contributed by atoms with Crippen LogP contribution in [0.3, 0.4) is 0 Å². The molecule has 5 heteroatoms. The van der Waals surface area contributed by atoms with Gasteiger partial charge in [0.2, 0.25) is 0 Å². The van der Waals surface area contributed by atoms with Gasteiger partial charge >= 0.3 is 0 Å². The lowest BCUT2D eigenvalue weighted by Crippen LogP contribution is -2.25. The minimum absolute atomic E-state index is 0.0587. The average Bonchev–Trinajstić information content (AvgIpc) is 3.10. The monoisotopic (exact) mass is 406 g/mol. The zero-order chi connectivity index (χ0) is 21.7. The third kappa shape index (κ3) is 4.51. The van der Waals surface area contributed by atoms with E-state index in [1.165, 1.54) is 0 Å². The number of methoxy groups -OCH3 is 2. The van der Waals surface area contributed by atoms with Crippen molar-refractivity contribution in [3.63, 3.8) is 0 Å². The second kappa shape index (κ2) is 9.53. The van der Waals surface area contributed by atoms with Crippen LogP contribution in [-0.4, -0.2) is 31.2 Å². The standard InChI is InChI=1S/C25H30N2O3/c1-17(2)13-14-26-25(28)21-16-23(19-9-7-6-8-10-19)27(18(21)3)22-12-11-20(29-4)15-24(22)30-5/h6-12,15-17H,13-14H2,1-5H3,(H,26,28). The lowest BCUT2D eigenvalue weighted by Gasteiger charge is -2.16. The summed E-state index contributed by atoms with van der Waals surface area (Å²) in [4.78, 5) is 13.0. The Balaban J connectivity index is 2.12. The van der Waals surface area contributed by atoms with E-state index in [2.05, 4.69) is 23.7 Å². The molecule has 0 fully saturated rings. The molecular weight excluding hydrogens is 376 g/mol. The number of benzene rings is 2. The van der Waals surface area contributed by atoms with Gasteiger partial charge in [-0.15, -0.1) is 0 Å². The van der Waals surface area contributed by atoms with Crippen LogP contribution in [0.1, 0.15) is 36.3 Å². The second-order valence-corrected chi connectivity index (χ2v) is 7.71. The molecule has 3 rings (SSSR count). The highest BCUT2D eigenvalue weighted by Crippen LogP contribution is 2.35. The Labute approximate surface area is 178 Å². The number of aromatic nitrogens is 1. The molecule has 1 heterocycles. The third-order valence-electron chi connectivity index (χ3n) is 5.20. The van der Waals surface area contributed by atoms with Crippen molar-refractivity contribution in [3.05, 3.63) is 65.9 Å². The van der Waals surface area contributed by atoms with Crippen molar-refractivity contribution >= 4 is 5.91 Å². The Bertz CT molecular complexity index is 1010. The van der Waals surface area contributed by atoms with Crippen molar-refractivity contribution in [1.82, 2.24) is 9.88 Å². The fourth-order valence-corrected chi connectivity index (χ4v) is 3.51. The van der Waals surface area contributed by atoms with Gasteiger partial charge in [-0.05, 0) is 43.0 Å². The van der Waals surface area contributed by atoms with Crippen molar-refractivity contribution in [2.24, 2.45) is 5.92 Å². The molecule has 1 aromatic heterocycles. The van der Waals surface area contributed by atoms with E-state index in [0.29, 0.717) is 29.5 Å². The van der Waals surface area contributed by atoms with E-state index in [0.717, 1.165) is 29.1 Å². The Kier molecular flexibility index (Phi) is 6.83. The van der Waals surface area contributed by atoms with Gasteiger partial charge in [0, 0.05) is 18.3 Å². The summed E-state index contributed by atoms with van der Waals surface area (Å²) >= 11 is 0. The van der Waals surface area contributed by atoms with Gasteiger partial charge < -0.3 is 19.4 Å². The molecule has 0 atom stereocenters. The first-order chi connectivity index (χ1) is 14.5. The summed E-state index contributed by atoms with van der Waals surface area (Å²) in [7, 11) is 3.27. The molecule has 0 saturated heterocycles. The molecule has 30 heavy (non-hydrogen) atoms. The Morgan fingerprint density at radius 3 is 2.40 bits per heavy atom. The molecule has 3 aromatic rings. The minimum atomic E-state index is -0.0587. The van der Waals surface area contributed by atoms with Gasteiger partial charge in [0.1, 0.15) is 11.5 Å². The molecule has 0 saturated carbocycles. The molecule has 0 unspecified atom stereocenters. The number of hydrogen-bond acceptors (Lipinski definition) is 3. The summed E-state index contributed by atoms with van der Waals surface area (Å²) in [6.07, 6.45) is 0.948. The molecular formula is C25H30N2O3. The van der Waals surface area contributed by atoms with Crippen LogP contribution in [0.15, 0.2) is 54.6 Å². The molecule has 0 aliphatic rings. The molecule has 0 radical (unpaired) electrons.